The summed E-state index contributed by atoms with van der Waals surface area (Å²) in [5, 5.41) is 5.67. The third-order valence-corrected chi connectivity index (χ3v) is 3.82. The predicted molar refractivity (Wildman–Crippen MR) is 75.4 cm³/mol. The summed E-state index contributed by atoms with van der Waals surface area (Å²) in [5.74, 6) is 0.346. The van der Waals surface area contributed by atoms with Gasteiger partial charge in [0.15, 0.2) is 0 Å². The molecule has 2 fully saturated rings. The lowest BCUT2D eigenvalue weighted by molar-refractivity contribution is -0.121. The number of piperidine rings is 1. The minimum Gasteiger partial charge on any atom is -0.450 e. The van der Waals surface area contributed by atoms with E-state index in [1.807, 2.05) is 0 Å². The van der Waals surface area contributed by atoms with Gasteiger partial charge >= 0.3 is 6.09 Å². The highest BCUT2D eigenvalue weighted by Crippen LogP contribution is 2.28. The zero-order chi connectivity index (χ0) is 14.4. The van der Waals surface area contributed by atoms with Gasteiger partial charge in [-0.3, -0.25) is 15.0 Å². The lowest BCUT2D eigenvalue weighted by atomic mass is 9.99. The fraction of sp³-hybridized carbons (Fsp3) is 0.857. The number of amides is 2. The molecule has 2 aliphatic rings. The minimum atomic E-state index is -0.646. The van der Waals surface area contributed by atoms with Crippen molar-refractivity contribution >= 4 is 12.0 Å². The molecule has 6 heteroatoms. The summed E-state index contributed by atoms with van der Waals surface area (Å²) in [6.07, 6.45) is 4.10. The Kier molecular flexibility index (Phi) is 5.79. The van der Waals surface area contributed by atoms with Gasteiger partial charge in [-0.2, -0.15) is 0 Å². The van der Waals surface area contributed by atoms with Crippen LogP contribution in [-0.4, -0.2) is 55.7 Å². The Balaban J connectivity index is 1.76. The molecule has 0 aromatic heterocycles. The van der Waals surface area contributed by atoms with Gasteiger partial charge in [0.05, 0.1) is 13.2 Å². The molecule has 2 N–H and O–H groups in total. The molecule has 0 spiro atoms. The first-order valence-electron chi connectivity index (χ1n) is 7.60. The molecule has 2 rings (SSSR count). The van der Waals surface area contributed by atoms with Crippen LogP contribution in [-0.2, 0) is 9.53 Å². The van der Waals surface area contributed by atoms with Crippen LogP contribution in [0.2, 0.25) is 0 Å². The average molecular weight is 283 g/mol. The number of hydrogen-bond acceptors (Lipinski definition) is 5. The van der Waals surface area contributed by atoms with Gasteiger partial charge in [-0.15, -0.1) is 0 Å². The second-order valence-electron chi connectivity index (χ2n) is 5.64. The van der Waals surface area contributed by atoms with Crippen molar-refractivity contribution in [2.24, 2.45) is 5.92 Å². The Morgan fingerprint density at radius 3 is 2.75 bits per heavy atom. The number of nitrogens with one attached hydrogen (secondary N) is 2. The zero-order valence-electron chi connectivity index (χ0n) is 12.2. The van der Waals surface area contributed by atoms with Crippen LogP contribution in [0.5, 0.6) is 0 Å². The maximum absolute atomic E-state index is 11.8. The molecule has 1 saturated heterocycles. The maximum atomic E-state index is 11.8. The fourth-order valence-corrected chi connectivity index (χ4v) is 2.70. The monoisotopic (exact) mass is 283 g/mol. The Hall–Kier alpha value is -1.14. The number of hydrogen-bond donors (Lipinski definition) is 2. The molecule has 1 unspecified atom stereocenters. The lowest BCUT2D eigenvalue weighted by Gasteiger charge is -2.29. The maximum Gasteiger partial charge on any atom is 0.413 e. The first-order valence-corrected chi connectivity index (χ1v) is 7.60. The Bertz CT molecular complexity index is 339. The van der Waals surface area contributed by atoms with Crippen molar-refractivity contribution in [1.29, 1.82) is 0 Å². The molecule has 114 valence electrons. The van der Waals surface area contributed by atoms with Crippen molar-refractivity contribution in [3.63, 3.8) is 0 Å². The Labute approximate surface area is 120 Å². The molecule has 0 aromatic carbocycles. The van der Waals surface area contributed by atoms with Crippen molar-refractivity contribution in [2.75, 3.05) is 32.8 Å². The third-order valence-electron chi connectivity index (χ3n) is 3.82. The van der Waals surface area contributed by atoms with Gasteiger partial charge in [0.2, 0.25) is 5.91 Å². The van der Waals surface area contributed by atoms with E-state index in [-0.39, 0.29) is 12.5 Å². The molecule has 1 saturated carbocycles. The van der Waals surface area contributed by atoms with Crippen LogP contribution >= 0.6 is 0 Å². The van der Waals surface area contributed by atoms with Gasteiger partial charge in [-0.05, 0) is 51.6 Å². The van der Waals surface area contributed by atoms with Crippen molar-refractivity contribution in [1.82, 2.24) is 15.5 Å². The summed E-state index contributed by atoms with van der Waals surface area (Å²) < 4.78 is 4.72. The summed E-state index contributed by atoms with van der Waals surface area (Å²) in [7, 11) is 0. The predicted octanol–water partition coefficient (Wildman–Crippen LogP) is 0.723. The van der Waals surface area contributed by atoms with Crippen molar-refractivity contribution in [3.05, 3.63) is 0 Å². The molecule has 1 atom stereocenters. The van der Waals surface area contributed by atoms with Crippen LogP contribution in [0.4, 0.5) is 4.79 Å². The van der Waals surface area contributed by atoms with E-state index in [0.717, 1.165) is 32.5 Å². The van der Waals surface area contributed by atoms with Crippen molar-refractivity contribution < 1.29 is 14.3 Å². The van der Waals surface area contributed by atoms with Gasteiger partial charge in [0, 0.05) is 12.6 Å². The van der Waals surface area contributed by atoms with E-state index < -0.39 is 6.09 Å². The molecule has 1 heterocycles. The van der Waals surface area contributed by atoms with E-state index in [0.29, 0.717) is 18.5 Å². The molecule has 1 aliphatic carbocycles. The first-order chi connectivity index (χ1) is 9.69. The largest absolute Gasteiger partial charge is 0.450 e. The van der Waals surface area contributed by atoms with Crippen LogP contribution in [0, 0.1) is 5.92 Å². The minimum absolute atomic E-state index is 0.265. The number of nitrogens with zero attached hydrogens (tertiary/aromatic N) is 1. The molecule has 1 aliphatic heterocycles. The molecule has 20 heavy (non-hydrogen) atoms. The Morgan fingerprint density at radius 1 is 1.35 bits per heavy atom. The number of rotatable bonds is 6. The SMILES string of the molecule is CCOC(=O)NC(=O)CN(CC1CCCNC1)C1CC1. The van der Waals surface area contributed by atoms with E-state index in [2.05, 4.69) is 15.5 Å². The van der Waals surface area contributed by atoms with Crippen LogP contribution in [0.15, 0.2) is 0 Å². The highest BCUT2D eigenvalue weighted by atomic mass is 16.5. The number of alkyl carbamates (subject to hydrolysis) is 1. The topological polar surface area (TPSA) is 70.7 Å². The summed E-state index contributed by atoms with van der Waals surface area (Å²) in [4.78, 5) is 25.3. The highest BCUT2D eigenvalue weighted by molar-refractivity contribution is 5.92. The van der Waals surface area contributed by atoms with Crippen LogP contribution in [0.3, 0.4) is 0 Å². The Morgan fingerprint density at radius 2 is 2.15 bits per heavy atom. The van der Waals surface area contributed by atoms with Gasteiger partial charge in [-0.25, -0.2) is 4.79 Å². The molecule has 0 radical (unpaired) electrons. The van der Waals surface area contributed by atoms with Gasteiger partial charge in [-0.1, -0.05) is 0 Å². The van der Waals surface area contributed by atoms with E-state index in [9.17, 15) is 9.59 Å². The van der Waals surface area contributed by atoms with E-state index in [1.54, 1.807) is 6.92 Å². The van der Waals surface area contributed by atoms with Gasteiger partial charge in [0.1, 0.15) is 0 Å². The highest BCUT2D eigenvalue weighted by Gasteiger charge is 2.32. The molecule has 2 amide bonds. The number of carbonyl (C=O) groups excluding carboxylic acids is 2. The summed E-state index contributed by atoms with van der Waals surface area (Å²) in [6.45, 7) is 5.36. The van der Waals surface area contributed by atoms with Crippen LogP contribution in [0.1, 0.15) is 32.6 Å². The fourth-order valence-electron chi connectivity index (χ4n) is 2.70. The second kappa shape index (κ2) is 7.59. The normalized spacial score (nSPS) is 22.6. The molecule has 0 bridgehead atoms. The molecular formula is C14H25N3O3. The quantitative estimate of drug-likeness (QED) is 0.752. The first kappa shape index (κ1) is 15.3. The second-order valence-corrected chi connectivity index (χ2v) is 5.64. The summed E-state index contributed by atoms with van der Waals surface area (Å²) in [6, 6.07) is 0.518. The van der Waals surface area contributed by atoms with Crippen LogP contribution < -0.4 is 10.6 Å². The molecule has 6 nitrogen and oxygen atoms in total. The van der Waals surface area contributed by atoms with Crippen molar-refractivity contribution in [2.45, 2.75) is 38.6 Å². The smallest absolute Gasteiger partial charge is 0.413 e. The molecular weight excluding hydrogens is 258 g/mol. The van der Waals surface area contributed by atoms with E-state index in [4.69, 9.17) is 4.74 Å². The molecule has 0 aromatic rings. The van der Waals surface area contributed by atoms with Gasteiger partial charge < -0.3 is 10.1 Å². The van der Waals surface area contributed by atoms with Crippen molar-refractivity contribution in [3.8, 4) is 0 Å². The van der Waals surface area contributed by atoms with Gasteiger partial charge in [0.25, 0.3) is 0 Å². The van der Waals surface area contributed by atoms with E-state index in [1.165, 1.54) is 12.8 Å². The van der Waals surface area contributed by atoms with E-state index >= 15 is 0 Å². The van der Waals surface area contributed by atoms with Crippen LogP contribution in [0.25, 0.3) is 0 Å². The number of carbonyl (C=O) groups is 2. The average Bonchev–Trinajstić information content (AvgIpc) is 3.23. The zero-order valence-corrected chi connectivity index (χ0v) is 12.2. The standard InChI is InChI=1S/C14H25N3O3/c1-2-20-14(19)16-13(18)10-17(12-5-6-12)9-11-4-3-7-15-8-11/h11-12,15H,2-10H2,1H3,(H,16,18,19). The number of imide groups is 1. The summed E-state index contributed by atoms with van der Waals surface area (Å²) in [5.41, 5.74) is 0. The lowest BCUT2D eigenvalue weighted by Crippen LogP contribution is -2.45. The summed E-state index contributed by atoms with van der Waals surface area (Å²) >= 11 is 0. The number of ether oxygens (including phenoxy) is 1. The third kappa shape index (κ3) is 5.09.